The van der Waals surface area contributed by atoms with Crippen LogP contribution in [0.15, 0.2) is 36.4 Å². The van der Waals surface area contributed by atoms with Gasteiger partial charge in [0.1, 0.15) is 0 Å². The number of rotatable bonds is 3. The van der Waals surface area contributed by atoms with Crippen LogP contribution in [0.2, 0.25) is 0 Å². The van der Waals surface area contributed by atoms with Crippen molar-refractivity contribution >= 4 is 45.8 Å². The maximum absolute atomic E-state index is 12.3. The van der Waals surface area contributed by atoms with E-state index >= 15 is 0 Å². The standard InChI is InChI=1S/C17H17IN2O2/c1-10-4-6-13(8-15(10)18)17(22)20-14-7-5-11(2)16(9-14)19-12(3)21/h4-9H,1-3H3,(H,19,21)(H,20,22). The zero-order valence-corrected chi connectivity index (χ0v) is 14.8. The fourth-order valence-corrected chi connectivity index (χ4v) is 2.48. The monoisotopic (exact) mass is 408 g/mol. The molecule has 0 aliphatic carbocycles. The van der Waals surface area contributed by atoms with Gasteiger partial charge >= 0.3 is 0 Å². The molecule has 22 heavy (non-hydrogen) atoms. The molecule has 0 saturated heterocycles. The molecule has 0 bridgehead atoms. The van der Waals surface area contributed by atoms with Crippen molar-refractivity contribution in [3.63, 3.8) is 0 Å². The summed E-state index contributed by atoms with van der Waals surface area (Å²) in [6.45, 7) is 5.36. The highest BCUT2D eigenvalue weighted by Crippen LogP contribution is 2.21. The van der Waals surface area contributed by atoms with E-state index in [1.54, 1.807) is 12.1 Å². The van der Waals surface area contributed by atoms with Gasteiger partial charge in [0.15, 0.2) is 0 Å². The van der Waals surface area contributed by atoms with E-state index in [9.17, 15) is 9.59 Å². The third-order valence-electron chi connectivity index (χ3n) is 3.24. The maximum atomic E-state index is 12.3. The van der Waals surface area contributed by atoms with Gasteiger partial charge in [0, 0.05) is 27.4 Å². The van der Waals surface area contributed by atoms with Crippen LogP contribution in [0.1, 0.15) is 28.4 Å². The van der Waals surface area contributed by atoms with Gasteiger partial charge in [-0.25, -0.2) is 0 Å². The highest BCUT2D eigenvalue weighted by atomic mass is 127. The van der Waals surface area contributed by atoms with E-state index in [2.05, 4.69) is 33.2 Å². The molecule has 0 spiro atoms. The van der Waals surface area contributed by atoms with E-state index in [0.717, 1.165) is 14.7 Å². The highest BCUT2D eigenvalue weighted by Gasteiger charge is 2.09. The lowest BCUT2D eigenvalue weighted by molar-refractivity contribution is -0.114. The lowest BCUT2D eigenvalue weighted by Crippen LogP contribution is -2.13. The largest absolute Gasteiger partial charge is 0.326 e. The Morgan fingerprint density at radius 2 is 1.64 bits per heavy atom. The predicted molar refractivity (Wildman–Crippen MR) is 97.3 cm³/mol. The number of hydrogen-bond acceptors (Lipinski definition) is 2. The van der Waals surface area contributed by atoms with Gasteiger partial charge in [-0.05, 0) is 71.8 Å². The van der Waals surface area contributed by atoms with Crippen LogP contribution in [0.25, 0.3) is 0 Å². The number of carbonyl (C=O) groups excluding carboxylic acids is 2. The fourth-order valence-electron chi connectivity index (χ4n) is 1.96. The third kappa shape index (κ3) is 4.07. The maximum Gasteiger partial charge on any atom is 0.255 e. The normalized spacial score (nSPS) is 10.2. The molecule has 0 radical (unpaired) electrons. The van der Waals surface area contributed by atoms with Crippen LogP contribution in [0, 0.1) is 17.4 Å². The van der Waals surface area contributed by atoms with Gasteiger partial charge in [-0.15, -0.1) is 0 Å². The minimum absolute atomic E-state index is 0.139. The Kier molecular flexibility index (Phi) is 5.18. The Bertz CT molecular complexity index is 741. The summed E-state index contributed by atoms with van der Waals surface area (Å²) in [7, 11) is 0. The first-order valence-corrected chi connectivity index (χ1v) is 7.90. The molecular weight excluding hydrogens is 391 g/mol. The average Bonchev–Trinajstić information content (AvgIpc) is 2.45. The van der Waals surface area contributed by atoms with Crippen molar-refractivity contribution < 1.29 is 9.59 Å². The van der Waals surface area contributed by atoms with E-state index in [1.807, 2.05) is 38.1 Å². The van der Waals surface area contributed by atoms with E-state index in [4.69, 9.17) is 0 Å². The molecule has 0 heterocycles. The molecule has 5 heteroatoms. The number of halogens is 1. The summed E-state index contributed by atoms with van der Waals surface area (Å²) < 4.78 is 1.05. The topological polar surface area (TPSA) is 58.2 Å². The summed E-state index contributed by atoms with van der Waals surface area (Å²) in [6.07, 6.45) is 0. The summed E-state index contributed by atoms with van der Waals surface area (Å²) in [5, 5.41) is 5.60. The van der Waals surface area contributed by atoms with Crippen LogP contribution < -0.4 is 10.6 Å². The summed E-state index contributed by atoms with van der Waals surface area (Å²) in [5.41, 5.74) is 4.04. The molecule has 114 valence electrons. The number of nitrogens with one attached hydrogen (secondary N) is 2. The van der Waals surface area contributed by atoms with Crippen LogP contribution >= 0.6 is 22.6 Å². The molecule has 4 nitrogen and oxygen atoms in total. The molecule has 2 rings (SSSR count). The van der Waals surface area contributed by atoms with Gasteiger partial charge in [-0.3, -0.25) is 9.59 Å². The summed E-state index contributed by atoms with van der Waals surface area (Å²) >= 11 is 2.21. The number of amides is 2. The number of benzene rings is 2. The Balaban J connectivity index is 2.21. The lowest BCUT2D eigenvalue weighted by Gasteiger charge is -2.11. The van der Waals surface area contributed by atoms with Crippen LogP contribution in [0.3, 0.4) is 0 Å². The van der Waals surface area contributed by atoms with Crippen LogP contribution in [0.4, 0.5) is 11.4 Å². The third-order valence-corrected chi connectivity index (χ3v) is 4.40. The number of hydrogen-bond donors (Lipinski definition) is 2. The second kappa shape index (κ2) is 6.91. The molecule has 0 fully saturated rings. The molecule has 0 saturated carbocycles. The second-order valence-corrected chi connectivity index (χ2v) is 6.29. The van der Waals surface area contributed by atoms with Crippen molar-refractivity contribution in [2.75, 3.05) is 10.6 Å². The minimum Gasteiger partial charge on any atom is -0.326 e. The molecule has 0 aliphatic heterocycles. The Morgan fingerprint density at radius 3 is 2.27 bits per heavy atom. The van der Waals surface area contributed by atoms with E-state index < -0.39 is 0 Å². The van der Waals surface area contributed by atoms with Crippen LogP contribution in [-0.2, 0) is 4.79 Å². The van der Waals surface area contributed by atoms with E-state index in [-0.39, 0.29) is 11.8 Å². The van der Waals surface area contributed by atoms with Crippen molar-refractivity contribution in [2.24, 2.45) is 0 Å². The quantitative estimate of drug-likeness (QED) is 0.751. The molecule has 0 unspecified atom stereocenters. The van der Waals surface area contributed by atoms with E-state index in [1.165, 1.54) is 6.92 Å². The molecule has 2 aromatic carbocycles. The molecule has 2 N–H and O–H groups in total. The molecule has 0 atom stereocenters. The van der Waals surface area contributed by atoms with Crippen molar-refractivity contribution in [3.8, 4) is 0 Å². The van der Waals surface area contributed by atoms with Crippen LogP contribution in [0.5, 0.6) is 0 Å². The van der Waals surface area contributed by atoms with Crippen molar-refractivity contribution in [1.29, 1.82) is 0 Å². The molecule has 2 amide bonds. The Labute approximate surface area is 143 Å². The molecule has 0 aromatic heterocycles. The average molecular weight is 408 g/mol. The summed E-state index contributed by atoms with van der Waals surface area (Å²) in [4.78, 5) is 23.5. The van der Waals surface area contributed by atoms with Gasteiger partial charge in [-0.2, -0.15) is 0 Å². The first-order valence-electron chi connectivity index (χ1n) is 6.82. The Hall–Kier alpha value is -1.89. The van der Waals surface area contributed by atoms with Crippen LogP contribution in [-0.4, -0.2) is 11.8 Å². The molecule has 2 aromatic rings. The van der Waals surface area contributed by atoms with Gasteiger partial charge in [0.25, 0.3) is 5.91 Å². The van der Waals surface area contributed by atoms with Gasteiger partial charge in [-0.1, -0.05) is 12.1 Å². The minimum atomic E-state index is -0.171. The fraction of sp³-hybridized carbons (Fsp3) is 0.176. The first kappa shape index (κ1) is 16.5. The Morgan fingerprint density at radius 1 is 0.955 bits per heavy atom. The van der Waals surface area contributed by atoms with Crippen molar-refractivity contribution in [3.05, 3.63) is 56.7 Å². The SMILES string of the molecule is CC(=O)Nc1cc(NC(=O)c2ccc(C)c(I)c2)ccc1C. The van der Waals surface area contributed by atoms with Crippen molar-refractivity contribution in [1.82, 2.24) is 0 Å². The predicted octanol–water partition coefficient (Wildman–Crippen LogP) is 4.12. The molecule has 0 aliphatic rings. The second-order valence-electron chi connectivity index (χ2n) is 5.13. The van der Waals surface area contributed by atoms with Gasteiger partial charge < -0.3 is 10.6 Å². The summed E-state index contributed by atoms with van der Waals surface area (Å²) in [5.74, 6) is -0.310. The van der Waals surface area contributed by atoms with E-state index in [0.29, 0.717) is 16.9 Å². The first-order chi connectivity index (χ1) is 10.4. The zero-order valence-electron chi connectivity index (χ0n) is 12.7. The smallest absolute Gasteiger partial charge is 0.255 e. The molecular formula is C17H17IN2O2. The lowest BCUT2D eigenvalue weighted by atomic mass is 10.1. The highest BCUT2D eigenvalue weighted by molar-refractivity contribution is 14.1. The number of carbonyl (C=O) groups is 2. The van der Waals surface area contributed by atoms with Gasteiger partial charge in [0.05, 0.1) is 0 Å². The number of aryl methyl sites for hydroxylation is 2. The zero-order chi connectivity index (χ0) is 16.3. The van der Waals surface area contributed by atoms with Crippen molar-refractivity contribution in [2.45, 2.75) is 20.8 Å². The van der Waals surface area contributed by atoms with Gasteiger partial charge in [0.2, 0.25) is 5.91 Å². The number of anilines is 2. The summed E-state index contributed by atoms with van der Waals surface area (Å²) in [6, 6.07) is 11.0.